The van der Waals surface area contributed by atoms with Crippen molar-refractivity contribution in [2.45, 2.75) is 6.55 Å². The van der Waals surface area contributed by atoms with E-state index in [0.717, 1.165) is 0 Å². The summed E-state index contributed by atoms with van der Waals surface area (Å²) in [5.41, 5.74) is 4.26. The molecule has 1 heterocycles. The van der Waals surface area contributed by atoms with Crippen LogP contribution in [0.4, 0.5) is 13.6 Å². The van der Waals surface area contributed by atoms with E-state index in [9.17, 15) is 13.6 Å². The highest BCUT2D eigenvalue weighted by molar-refractivity contribution is 5.75. The van der Waals surface area contributed by atoms with Gasteiger partial charge < -0.3 is 0 Å². The van der Waals surface area contributed by atoms with Crippen molar-refractivity contribution in [3.8, 4) is 0 Å². The molecular formula is C3H5F2N3O. The number of amides is 2. The van der Waals surface area contributed by atoms with Crippen LogP contribution in [-0.2, 0) is 0 Å². The molecule has 0 aromatic carbocycles. The van der Waals surface area contributed by atoms with Crippen molar-refractivity contribution in [2.75, 3.05) is 6.67 Å². The Morgan fingerprint density at radius 1 is 1.67 bits per heavy atom. The molecule has 0 unspecified atom stereocenters. The summed E-state index contributed by atoms with van der Waals surface area (Å²) in [6.45, 7) is -2.86. The van der Waals surface area contributed by atoms with Crippen LogP contribution in [0.2, 0.25) is 0 Å². The molecule has 2 amide bonds. The Bertz CT molecular complexity index is 128. The third-order valence-corrected chi connectivity index (χ3v) is 0.941. The first kappa shape index (κ1) is 6.21. The molecule has 0 aromatic heterocycles. The Kier molecular flexibility index (Phi) is 1.48. The molecule has 9 heavy (non-hydrogen) atoms. The van der Waals surface area contributed by atoms with Crippen LogP contribution < -0.4 is 10.9 Å². The van der Waals surface area contributed by atoms with Gasteiger partial charge in [-0.3, -0.25) is 10.3 Å². The number of urea groups is 1. The van der Waals surface area contributed by atoms with Crippen LogP contribution in [0.3, 0.4) is 0 Å². The summed E-state index contributed by atoms with van der Waals surface area (Å²) >= 11 is 0. The van der Waals surface area contributed by atoms with Crippen molar-refractivity contribution in [1.29, 1.82) is 0 Å². The van der Waals surface area contributed by atoms with Crippen LogP contribution in [-0.4, -0.2) is 24.1 Å². The van der Waals surface area contributed by atoms with Crippen molar-refractivity contribution in [3.63, 3.8) is 0 Å². The summed E-state index contributed by atoms with van der Waals surface area (Å²) < 4.78 is 23.2. The Hall–Kier alpha value is -0.910. The standard InChI is InChI=1S/C3H5F2N3O/c4-2(5)8-1-6-7-3(8)9/h2,6H,1H2,(H,7,9). The zero-order valence-corrected chi connectivity index (χ0v) is 4.40. The number of carbonyl (C=O) groups is 1. The summed E-state index contributed by atoms with van der Waals surface area (Å²) in [4.78, 5) is 10.7. The lowest BCUT2D eigenvalue weighted by atomic mass is 10.8. The van der Waals surface area contributed by atoms with E-state index < -0.39 is 12.6 Å². The Morgan fingerprint density at radius 2 is 2.33 bits per heavy atom. The molecule has 1 saturated heterocycles. The number of carbonyl (C=O) groups excluding carboxylic acids is 1. The highest BCUT2D eigenvalue weighted by atomic mass is 19.3. The van der Waals surface area contributed by atoms with Crippen LogP contribution in [0.5, 0.6) is 0 Å². The number of alkyl halides is 2. The number of hydrazine groups is 1. The highest BCUT2D eigenvalue weighted by Crippen LogP contribution is 2.03. The molecule has 0 aromatic rings. The molecule has 52 valence electrons. The van der Waals surface area contributed by atoms with E-state index in [1.807, 2.05) is 5.43 Å². The third kappa shape index (κ3) is 1.07. The summed E-state index contributed by atoms with van der Waals surface area (Å²) in [7, 11) is 0. The molecule has 2 N–H and O–H groups in total. The minimum atomic E-state index is -2.72. The summed E-state index contributed by atoms with van der Waals surface area (Å²) in [5.74, 6) is 0. The number of hydrogen-bond acceptors (Lipinski definition) is 2. The molecule has 6 heteroatoms. The molecule has 0 radical (unpaired) electrons. The van der Waals surface area contributed by atoms with Crippen LogP contribution in [0.1, 0.15) is 0 Å². The Balaban J connectivity index is 2.49. The van der Waals surface area contributed by atoms with Gasteiger partial charge in [-0.1, -0.05) is 0 Å². The molecule has 0 bridgehead atoms. The molecule has 4 nitrogen and oxygen atoms in total. The second-order valence-corrected chi connectivity index (χ2v) is 1.51. The van der Waals surface area contributed by atoms with Gasteiger partial charge in [0.05, 0.1) is 6.67 Å². The lowest BCUT2D eigenvalue weighted by molar-refractivity contribution is 0.0122. The van der Waals surface area contributed by atoms with Gasteiger partial charge in [0.25, 0.3) is 0 Å². The minimum Gasteiger partial charge on any atom is -0.271 e. The van der Waals surface area contributed by atoms with E-state index >= 15 is 0 Å². The van der Waals surface area contributed by atoms with E-state index in [0.29, 0.717) is 4.90 Å². The third-order valence-electron chi connectivity index (χ3n) is 0.941. The van der Waals surface area contributed by atoms with Crippen molar-refractivity contribution >= 4 is 6.03 Å². The van der Waals surface area contributed by atoms with Gasteiger partial charge >= 0.3 is 12.6 Å². The average Bonchev–Trinajstić information content (AvgIpc) is 2.13. The molecule has 0 spiro atoms. The Labute approximate surface area is 49.8 Å². The molecule has 1 rings (SSSR count). The average molecular weight is 137 g/mol. The maximum absolute atomic E-state index is 11.6. The van der Waals surface area contributed by atoms with Gasteiger partial charge in [0.2, 0.25) is 0 Å². The molecule has 0 aliphatic carbocycles. The summed E-state index contributed by atoms with van der Waals surface area (Å²) in [5, 5.41) is 0. The fraction of sp³-hybridized carbons (Fsp3) is 0.667. The number of halogens is 2. The molecule has 1 aliphatic heterocycles. The quantitative estimate of drug-likeness (QED) is 0.487. The predicted molar refractivity (Wildman–Crippen MR) is 24.4 cm³/mol. The number of nitrogens with zero attached hydrogens (tertiary/aromatic N) is 1. The first-order chi connectivity index (χ1) is 4.22. The predicted octanol–water partition coefficient (Wildman–Crippen LogP) is -0.304. The monoisotopic (exact) mass is 137 g/mol. The van der Waals surface area contributed by atoms with E-state index in [-0.39, 0.29) is 6.67 Å². The van der Waals surface area contributed by atoms with E-state index in [1.165, 1.54) is 0 Å². The van der Waals surface area contributed by atoms with Gasteiger partial charge in [-0.2, -0.15) is 8.78 Å². The smallest absolute Gasteiger partial charge is 0.271 e. The Morgan fingerprint density at radius 3 is 2.56 bits per heavy atom. The lowest BCUT2D eigenvalue weighted by Gasteiger charge is -2.09. The van der Waals surface area contributed by atoms with Crippen LogP contribution in [0.15, 0.2) is 0 Å². The summed E-state index contributed by atoms with van der Waals surface area (Å²) in [6.07, 6.45) is 0. The van der Waals surface area contributed by atoms with Gasteiger partial charge in [0, 0.05) is 0 Å². The fourth-order valence-corrected chi connectivity index (χ4v) is 0.502. The first-order valence-electron chi connectivity index (χ1n) is 2.29. The first-order valence-corrected chi connectivity index (χ1v) is 2.29. The van der Waals surface area contributed by atoms with Crippen LogP contribution in [0.25, 0.3) is 0 Å². The van der Waals surface area contributed by atoms with Crippen molar-refractivity contribution < 1.29 is 13.6 Å². The number of rotatable bonds is 1. The lowest BCUT2D eigenvalue weighted by Crippen LogP contribution is -2.32. The van der Waals surface area contributed by atoms with Gasteiger partial charge in [-0.15, -0.1) is 0 Å². The zero-order chi connectivity index (χ0) is 6.85. The molecule has 0 saturated carbocycles. The molecule has 1 aliphatic rings. The second kappa shape index (κ2) is 2.14. The number of hydrogen-bond donors (Lipinski definition) is 2. The SMILES string of the molecule is O=C1NNCN1C(F)F. The molecule has 0 atom stereocenters. The van der Waals surface area contributed by atoms with E-state index in [1.54, 1.807) is 0 Å². The maximum atomic E-state index is 11.6. The highest BCUT2D eigenvalue weighted by Gasteiger charge is 2.26. The summed E-state index contributed by atoms with van der Waals surface area (Å²) in [6, 6.07) is -0.787. The van der Waals surface area contributed by atoms with Crippen molar-refractivity contribution in [1.82, 2.24) is 15.8 Å². The molecular weight excluding hydrogens is 132 g/mol. The van der Waals surface area contributed by atoms with Crippen LogP contribution >= 0.6 is 0 Å². The fourth-order valence-electron chi connectivity index (χ4n) is 0.502. The largest absolute Gasteiger partial charge is 0.337 e. The normalized spacial score (nSPS) is 19.0. The topological polar surface area (TPSA) is 44.4 Å². The van der Waals surface area contributed by atoms with Gasteiger partial charge in [-0.05, 0) is 0 Å². The second-order valence-electron chi connectivity index (χ2n) is 1.51. The van der Waals surface area contributed by atoms with E-state index in [4.69, 9.17) is 0 Å². The van der Waals surface area contributed by atoms with Gasteiger partial charge in [-0.25, -0.2) is 10.2 Å². The van der Waals surface area contributed by atoms with Gasteiger partial charge in [0.15, 0.2) is 0 Å². The van der Waals surface area contributed by atoms with Crippen LogP contribution in [0, 0.1) is 0 Å². The van der Waals surface area contributed by atoms with Gasteiger partial charge in [0.1, 0.15) is 0 Å². The van der Waals surface area contributed by atoms with E-state index in [2.05, 4.69) is 5.43 Å². The van der Waals surface area contributed by atoms with Crippen molar-refractivity contribution in [2.24, 2.45) is 0 Å². The van der Waals surface area contributed by atoms with Crippen molar-refractivity contribution in [3.05, 3.63) is 0 Å². The molecule has 1 fully saturated rings. The number of nitrogens with one attached hydrogen (secondary N) is 2. The maximum Gasteiger partial charge on any atom is 0.337 e. The minimum absolute atomic E-state index is 0.142. The zero-order valence-electron chi connectivity index (χ0n) is 4.40.